The van der Waals surface area contributed by atoms with Crippen molar-refractivity contribution in [3.63, 3.8) is 0 Å². The third-order valence-electron chi connectivity index (χ3n) is 10.0. The van der Waals surface area contributed by atoms with Crippen LogP contribution in [0.25, 0.3) is 28.2 Å². The van der Waals surface area contributed by atoms with Crippen molar-refractivity contribution in [1.29, 1.82) is 0 Å². The first-order valence-electron chi connectivity index (χ1n) is 13.1. The third-order valence-corrected chi connectivity index (χ3v) is 10.0. The molecule has 6 rings (SSSR count). The average Bonchev–Trinajstić information content (AvgIpc) is 3.45. The predicted octanol–water partition coefficient (Wildman–Crippen LogP) is 9.53. The molecule has 0 N–H and O–H groups in total. The normalized spacial score (nSPS) is 15.5. The molecule has 0 unspecified atom stereocenters. The molecular weight excluding hydrogens is 436 g/mol. The van der Waals surface area contributed by atoms with E-state index in [1.807, 2.05) is 6.26 Å². The van der Waals surface area contributed by atoms with Gasteiger partial charge in [-0.3, -0.25) is 0 Å². The number of benzene rings is 3. The van der Waals surface area contributed by atoms with E-state index in [1.165, 1.54) is 89.0 Å². The van der Waals surface area contributed by atoms with Gasteiger partial charge in [-0.1, -0.05) is 12.2 Å². The molecule has 0 atom stereocenters. The van der Waals surface area contributed by atoms with Gasteiger partial charge in [-0.2, -0.15) is 0 Å². The fourth-order valence-corrected chi connectivity index (χ4v) is 7.30. The fourth-order valence-electron chi connectivity index (χ4n) is 7.30. The monoisotopic (exact) mass is 472 g/mol. The van der Waals surface area contributed by atoms with Gasteiger partial charge in [0, 0.05) is 5.39 Å². The summed E-state index contributed by atoms with van der Waals surface area (Å²) in [5.41, 5.74) is 23.0. The zero-order valence-electron chi connectivity index (χ0n) is 23.4. The van der Waals surface area contributed by atoms with E-state index in [0.717, 1.165) is 11.0 Å². The van der Waals surface area contributed by atoms with E-state index in [1.54, 1.807) is 0 Å². The lowest BCUT2D eigenvalue weighted by atomic mass is 9.64. The second kappa shape index (κ2) is 7.35. The van der Waals surface area contributed by atoms with Crippen LogP contribution in [0.3, 0.4) is 0 Å². The molecule has 2 aliphatic rings. The van der Waals surface area contributed by atoms with Crippen LogP contribution in [-0.2, 0) is 5.41 Å². The summed E-state index contributed by atoms with van der Waals surface area (Å²) in [5, 5.41) is 1.16. The summed E-state index contributed by atoms with van der Waals surface area (Å²) in [6, 6.07) is 6.70. The Labute approximate surface area is 215 Å². The van der Waals surface area contributed by atoms with Crippen LogP contribution in [0.1, 0.15) is 91.7 Å². The molecule has 0 amide bonds. The zero-order chi connectivity index (χ0) is 25.8. The lowest BCUT2D eigenvalue weighted by Crippen LogP contribution is -2.31. The molecule has 0 radical (unpaired) electrons. The molecule has 0 bridgehead atoms. The highest BCUT2D eigenvalue weighted by Crippen LogP contribution is 2.58. The summed E-state index contributed by atoms with van der Waals surface area (Å²) in [6.07, 6.45) is 6.68. The van der Waals surface area contributed by atoms with Gasteiger partial charge in [0.1, 0.15) is 5.58 Å². The summed E-state index contributed by atoms with van der Waals surface area (Å²) < 4.78 is 5.98. The summed E-state index contributed by atoms with van der Waals surface area (Å²) in [5.74, 6) is 0. The number of rotatable bonds is 0. The predicted molar refractivity (Wildman–Crippen MR) is 154 cm³/mol. The maximum atomic E-state index is 5.98. The van der Waals surface area contributed by atoms with Crippen LogP contribution < -0.4 is 0 Å². The number of furan rings is 1. The molecule has 182 valence electrons. The SMILES string of the molecule is CC1=C(C)c2c(C)c(C)c(C)c(C)c2C2(C=Cc3cc4ccoc4cc32)c2c(C)c(C)c(C)c(C)c21. The Bertz CT molecular complexity index is 1630. The largest absolute Gasteiger partial charge is 0.464 e. The van der Waals surface area contributed by atoms with E-state index in [-0.39, 0.29) is 5.41 Å². The van der Waals surface area contributed by atoms with Gasteiger partial charge in [0.25, 0.3) is 0 Å². The molecule has 1 spiro atoms. The number of hydrogen-bond acceptors (Lipinski definition) is 1. The van der Waals surface area contributed by atoms with Crippen molar-refractivity contribution in [1.82, 2.24) is 0 Å². The second-order valence-corrected chi connectivity index (χ2v) is 11.3. The summed E-state index contributed by atoms with van der Waals surface area (Å²) in [7, 11) is 0. The minimum Gasteiger partial charge on any atom is -0.464 e. The Morgan fingerprint density at radius 1 is 0.583 bits per heavy atom. The van der Waals surface area contributed by atoms with Crippen LogP contribution >= 0.6 is 0 Å². The molecule has 36 heavy (non-hydrogen) atoms. The van der Waals surface area contributed by atoms with Gasteiger partial charge < -0.3 is 4.42 Å². The first kappa shape index (κ1) is 23.1. The van der Waals surface area contributed by atoms with E-state index in [9.17, 15) is 0 Å². The van der Waals surface area contributed by atoms with Gasteiger partial charge >= 0.3 is 0 Å². The summed E-state index contributed by atoms with van der Waals surface area (Å²) in [6.45, 7) is 23.2. The molecule has 1 aromatic heterocycles. The Morgan fingerprint density at radius 2 is 1.08 bits per heavy atom. The molecule has 0 fully saturated rings. The molecule has 4 aromatic rings. The van der Waals surface area contributed by atoms with E-state index in [0.29, 0.717) is 0 Å². The first-order chi connectivity index (χ1) is 17.0. The molecule has 0 saturated heterocycles. The lowest BCUT2D eigenvalue weighted by Gasteiger charge is -2.38. The Kier molecular flexibility index (Phi) is 4.72. The summed E-state index contributed by atoms with van der Waals surface area (Å²) >= 11 is 0. The highest BCUT2D eigenvalue weighted by molar-refractivity contribution is 5.99. The van der Waals surface area contributed by atoms with Crippen LogP contribution in [-0.4, -0.2) is 0 Å². The minimum absolute atomic E-state index is 0.374. The highest BCUT2D eigenvalue weighted by Gasteiger charge is 2.47. The van der Waals surface area contributed by atoms with Crippen LogP contribution in [0.5, 0.6) is 0 Å². The molecular formula is C35H36O. The molecule has 1 heteroatoms. The lowest BCUT2D eigenvalue weighted by molar-refractivity contribution is 0.614. The standard InChI is InChI=1S/C35H36O/c1-17-19(3)25(9)33-31(21(17)5)23(7)24(8)32-22(6)18(2)20(4)26(10)34(32)35(33)13-11-27-15-28-12-14-36-30(28)16-29(27)35/h11-16H,1-10H3. The third kappa shape index (κ3) is 2.56. The average molecular weight is 473 g/mol. The van der Waals surface area contributed by atoms with Gasteiger partial charge in [-0.15, -0.1) is 0 Å². The Balaban J connectivity index is 1.95. The van der Waals surface area contributed by atoms with Gasteiger partial charge in [-0.05, 0) is 176 Å². The van der Waals surface area contributed by atoms with Crippen molar-refractivity contribution in [2.24, 2.45) is 0 Å². The molecule has 1 nitrogen and oxygen atoms in total. The molecule has 0 aliphatic heterocycles. The van der Waals surface area contributed by atoms with E-state index < -0.39 is 0 Å². The number of hydrogen-bond donors (Lipinski definition) is 0. The second-order valence-electron chi connectivity index (χ2n) is 11.3. The minimum atomic E-state index is -0.374. The van der Waals surface area contributed by atoms with Crippen LogP contribution in [0.15, 0.2) is 35.0 Å². The van der Waals surface area contributed by atoms with E-state index >= 15 is 0 Å². The number of fused-ring (bicyclic) bond motifs is 7. The highest BCUT2D eigenvalue weighted by atomic mass is 16.3. The smallest absolute Gasteiger partial charge is 0.134 e. The van der Waals surface area contributed by atoms with E-state index in [2.05, 4.69) is 99.6 Å². The van der Waals surface area contributed by atoms with E-state index in [4.69, 9.17) is 4.42 Å². The zero-order valence-corrected chi connectivity index (χ0v) is 23.4. The van der Waals surface area contributed by atoms with Gasteiger partial charge in [0.15, 0.2) is 0 Å². The molecule has 1 heterocycles. The van der Waals surface area contributed by atoms with Crippen molar-refractivity contribution in [3.8, 4) is 0 Å². The van der Waals surface area contributed by atoms with Gasteiger partial charge in [0.2, 0.25) is 0 Å². The molecule has 0 saturated carbocycles. The van der Waals surface area contributed by atoms with Crippen molar-refractivity contribution in [2.75, 3.05) is 0 Å². The van der Waals surface area contributed by atoms with Crippen LogP contribution in [0, 0.1) is 55.4 Å². The van der Waals surface area contributed by atoms with Crippen LogP contribution in [0.2, 0.25) is 0 Å². The Morgan fingerprint density at radius 3 is 1.61 bits per heavy atom. The fraction of sp³-hybridized carbons (Fsp3) is 0.314. The first-order valence-corrected chi connectivity index (χ1v) is 13.1. The van der Waals surface area contributed by atoms with Crippen molar-refractivity contribution >= 4 is 28.2 Å². The van der Waals surface area contributed by atoms with Crippen LogP contribution in [0.4, 0.5) is 0 Å². The van der Waals surface area contributed by atoms with Gasteiger partial charge in [-0.25, -0.2) is 0 Å². The summed E-state index contributed by atoms with van der Waals surface area (Å²) in [4.78, 5) is 0. The maximum Gasteiger partial charge on any atom is 0.134 e. The van der Waals surface area contributed by atoms with Crippen molar-refractivity contribution < 1.29 is 4.42 Å². The number of allylic oxidation sites excluding steroid dienone is 3. The molecule has 3 aromatic carbocycles. The van der Waals surface area contributed by atoms with Gasteiger partial charge in [0.05, 0.1) is 11.7 Å². The topological polar surface area (TPSA) is 13.1 Å². The van der Waals surface area contributed by atoms with Crippen molar-refractivity contribution in [2.45, 2.75) is 74.7 Å². The quantitative estimate of drug-likeness (QED) is 0.248. The van der Waals surface area contributed by atoms with Crippen molar-refractivity contribution in [3.05, 3.63) is 108 Å². The molecule has 2 aliphatic carbocycles. The Hall–Kier alpha value is -3.32. The maximum absolute atomic E-state index is 5.98.